The Bertz CT molecular complexity index is 1430. The van der Waals surface area contributed by atoms with E-state index in [1.54, 1.807) is 6.20 Å². The van der Waals surface area contributed by atoms with Crippen LogP contribution in [0.2, 0.25) is 0 Å². The average Bonchev–Trinajstić information content (AvgIpc) is 3.23. The van der Waals surface area contributed by atoms with Gasteiger partial charge in [0, 0.05) is 28.6 Å². The highest BCUT2D eigenvalue weighted by molar-refractivity contribution is 5.95. The molecule has 2 aromatic carbocycles. The highest BCUT2D eigenvalue weighted by Gasteiger charge is 2.34. The summed E-state index contributed by atoms with van der Waals surface area (Å²) in [6, 6.07) is 12.0. The molecule has 1 atom stereocenters. The van der Waals surface area contributed by atoms with E-state index in [-0.39, 0.29) is 23.9 Å². The van der Waals surface area contributed by atoms with Crippen molar-refractivity contribution in [3.8, 4) is 5.75 Å². The summed E-state index contributed by atoms with van der Waals surface area (Å²) in [6.45, 7) is 1.99. The summed E-state index contributed by atoms with van der Waals surface area (Å²) in [6.07, 6.45) is 4.49. The highest BCUT2D eigenvalue weighted by Crippen LogP contribution is 2.47. The number of aromatic nitrogens is 1. The van der Waals surface area contributed by atoms with Crippen LogP contribution in [-0.4, -0.2) is 11.0 Å². The molecular weight excluding hydrogens is 378 g/mol. The molecule has 1 aliphatic carbocycles. The molecule has 0 bridgehead atoms. The molecule has 2 aliphatic rings. The number of hydrogen-bond donors (Lipinski definition) is 0. The van der Waals surface area contributed by atoms with E-state index < -0.39 is 0 Å². The van der Waals surface area contributed by atoms with E-state index >= 15 is 0 Å². The van der Waals surface area contributed by atoms with Crippen molar-refractivity contribution in [3.63, 3.8) is 0 Å². The first kappa shape index (κ1) is 17.4. The summed E-state index contributed by atoms with van der Waals surface area (Å²) in [5.41, 5.74) is 5.90. The Balaban J connectivity index is 1.64. The molecule has 5 heteroatoms. The van der Waals surface area contributed by atoms with Crippen molar-refractivity contribution in [2.45, 2.75) is 38.5 Å². The molecule has 0 spiro atoms. The third-order valence-corrected chi connectivity index (χ3v) is 6.42. The largest absolute Gasteiger partial charge is 0.425 e. The molecule has 2 aromatic heterocycles. The minimum atomic E-state index is -0.268. The van der Waals surface area contributed by atoms with Crippen LogP contribution in [0.1, 0.15) is 46.6 Å². The van der Waals surface area contributed by atoms with Gasteiger partial charge in [0.25, 0.3) is 0 Å². The van der Waals surface area contributed by atoms with Crippen LogP contribution in [0.15, 0.2) is 51.8 Å². The number of ether oxygens (including phenoxy) is 1. The lowest BCUT2D eigenvalue weighted by Gasteiger charge is -2.28. The Hall–Kier alpha value is -3.47. The first-order valence-corrected chi connectivity index (χ1v) is 10.3. The van der Waals surface area contributed by atoms with Gasteiger partial charge in [-0.05, 0) is 67.1 Å². The minimum Gasteiger partial charge on any atom is -0.425 e. The zero-order valence-electron chi connectivity index (χ0n) is 16.5. The van der Waals surface area contributed by atoms with Crippen molar-refractivity contribution < 1.29 is 13.9 Å². The first-order valence-electron chi connectivity index (χ1n) is 10.3. The summed E-state index contributed by atoms with van der Waals surface area (Å²) in [7, 11) is 0. The van der Waals surface area contributed by atoms with E-state index in [9.17, 15) is 9.59 Å². The van der Waals surface area contributed by atoms with Gasteiger partial charge in [-0.3, -0.25) is 9.78 Å². The molecule has 0 saturated heterocycles. The Morgan fingerprint density at radius 1 is 1.07 bits per heavy atom. The zero-order valence-corrected chi connectivity index (χ0v) is 16.5. The summed E-state index contributed by atoms with van der Waals surface area (Å²) < 4.78 is 11.4. The maximum Gasteiger partial charge on any atom is 0.339 e. The number of fused-ring (bicyclic) bond motifs is 6. The van der Waals surface area contributed by atoms with Gasteiger partial charge in [-0.2, -0.15) is 0 Å². The van der Waals surface area contributed by atoms with Gasteiger partial charge in [0.15, 0.2) is 0 Å². The molecule has 3 heterocycles. The summed E-state index contributed by atoms with van der Waals surface area (Å²) >= 11 is 0. The van der Waals surface area contributed by atoms with Crippen molar-refractivity contribution >= 4 is 27.8 Å². The Kier molecular flexibility index (Phi) is 3.63. The fraction of sp³-hybridized carbons (Fsp3) is 0.240. The van der Waals surface area contributed by atoms with E-state index in [0.29, 0.717) is 17.8 Å². The number of aryl methyl sites for hydroxylation is 2. The highest BCUT2D eigenvalue weighted by atomic mass is 16.5. The van der Waals surface area contributed by atoms with Crippen LogP contribution in [0.4, 0.5) is 0 Å². The minimum absolute atomic E-state index is 0.112. The molecule has 5 nitrogen and oxygen atoms in total. The van der Waals surface area contributed by atoms with Crippen molar-refractivity contribution in [2.75, 3.05) is 0 Å². The second-order valence-corrected chi connectivity index (χ2v) is 8.20. The number of pyridine rings is 1. The summed E-state index contributed by atoms with van der Waals surface area (Å²) in [5, 5.41) is 1.84. The zero-order chi connectivity index (χ0) is 20.4. The first-order chi connectivity index (χ1) is 14.6. The van der Waals surface area contributed by atoms with Crippen molar-refractivity contribution in [1.82, 2.24) is 4.98 Å². The van der Waals surface area contributed by atoms with Crippen LogP contribution in [0.3, 0.4) is 0 Å². The smallest absolute Gasteiger partial charge is 0.339 e. The number of hydrogen-bond acceptors (Lipinski definition) is 5. The lowest BCUT2D eigenvalue weighted by molar-refractivity contribution is -0.135. The molecule has 0 amide bonds. The van der Waals surface area contributed by atoms with Crippen molar-refractivity contribution in [2.24, 2.45) is 0 Å². The molecular formula is C25H19NO4. The van der Waals surface area contributed by atoms with E-state index in [2.05, 4.69) is 11.1 Å². The second kappa shape index (κ2) is 6.26. The lowest BCUT2D eigenvalue weighted by Crippen LogP contribution is -2.23. The molecule has 30 heavy (non-hydrogen) atoms. The van der Waals surface area contributed by atoms with Gasteiger partial charge >= 0.3 is 11.6 Å². The van der Waals surface area contributed by atoms with Gasteiger partial charge in [0.2, 0.25) is 0 Å². The van der Waals surface area contributed by atoms with Crippen LogP contribution in [0.25, 0.3) is 21.9 Å². The quantitative estimate of drug-likeness (QED) is 0.267. The maximum atomic E-state index is 12.7. The lowest BCUT2D eigenvalue weighted by atomic mass is 9.82. The number of benzene rings is 2. The standard InChI is InChI=1S/C25H19NO4/c1-13-10-20-23(16-5-2-6-17(16)25(28)29-20)24-22(13)18(12-21(27)30-24)14-7-8-19-15(11-14)4-3-9-26-19/h3-4,7-11,18H,2,5-6,12H2,1H3/t18-/m0/s1. The number of carbonyl (C=O) groups excluding carboxylic acids is 1. The third kappa shape index (κ3) is 2.45. The number of nitrogens with zero attached hydrogens (tertiary/aromatic N) is 1. The van der Waals surface area contributed by atoms with Gasteiger partial charge in [-0.1, -0.05) is 12.1 Å². The molecule has 6 rings (SSSR count). The van der Waals surface area contributed by atoms with Crippen LogP contribution < -0.4 is 10.4 Å². The van der Waals surface area contributed by atoms with E-state index in [1.807, 2.05) is 37.3 Å². The monoisotopic (exact) mass is 397 g/mol. The molecule has 0 saturated carbocycles. The van der Waals surface area contributed by atoms with Crippen LogP contribution >= 0.6 is 0 Å². The van der Waals surface area contributed by atoms with Crippen molar-refractivity contribution in [3.05, 3.63) is 80.8 Å². The molecule has 0 unspecified atom stereocenters. The van der Waals surface area contributed by atoms with Crippen LogP contribution in [-0.2, 0) is 17.6 Å². The van der Waals surface area contributed by atoms with Gasteiger partial charge in [0.1, 0.15) is 11.3 Å². The molecule has 1 aliphatic heterocycles. The maximum absolute atomic E-state index is 12.7. The Morgan fingerprint density at radius 2 is 1.93 bits per heavy atom. The molecule has 4 aromatic rings. The predicted molar refractivity (Wildman–Crippen MR) is 113 cm³/mol. The molecule has 148 valence electrons. The SMILES string of the molecule is Cc1cc2oc(=O)c3c(c2c2c1[C@H](c1ccc4ncccc4c1)CC(=O)O2)CCC3. The summed E-state index contributed by atoms with van der Waals surface area (Å²) in [5.74, 6) is 0.197. The van der Waals surface area contributed by atoms with Gasteiger partial charge in [-0.15, -0.1) is 0 Å². The summed E-state index contributed by atoms with van der Waals surface area (Å²) in [4.78, 5) is 29.5. The van der Waals surface area contributed by atoms with Crippen molar-refractivity contribution in [1.29, 1.82) is 0 Å². The second-order valence-electron chi connectivity index (χ2n) is 8.20. The topological polar surface area (TPSA) is 69.4 Å². The number of esters is 1. The fourth-order valence-corrected chi connectivity index (χ4v) is 5.10. The number of rotatable bonds is 1. The Morgan fingerprint density at radius 3 is 2.83 bits per heavy atom. The Labute approximate surface area is 172 Å². The van der Waals surface area contributed by atoms with Crippen LogP contribution in [0.5, 0.6) is 5.75 Å². The van der Waals surface area contributed by atoms with E-state index in [0.717, 1.165) is 56.9 Å². The molecule has 0 fully saturated rings. The van der Waals surface area contributed by atoms with Gasteiger partial charge in [-0.25, -0.2) is 4.79 Å². The molecule has 0 radical (unpaired) electrons. The van der Waals surface area contributed by atoms with Crippen LogP contribution in [0, 0.1) is 6.92 Å². The van der Waals surface area contributed by atoms with E-state index in [1.165, 1.54) is 0 Å². The normalized spacial score (nSPS) is 17.8. The fourth-order valence-electron chi connectivity index (χ4n) is 5.10. The van der Waals surface area contributed by atoms with Gasteiger partial charge in [0.05, 0.1) is 17.3 Å². The average molecular weight is 397 g/mol. The predicted octanol–water partition coefficient (Wildman–Crippen LogP) is 4.58. The van der Waals surface area contributed by atoms with E-state index in [4.69, 9.17) is 9.15 Å². The molecule has 0 N–H and O–H groups in total. The third-order valence-electron chi connectivity index (χ3n) is 6.42. The number of carbonyl (C=O) groups is 1. The van der Waals surface area contributed by atoms with Gasteiger partial charge < -0.3 is 9.15 Å².